The highest BCUT2D eigenvalue weighted by Gasteiger charge is 2.39. The van der Waals surface area contributed by atoms with Crippen LogP contribution in [0.5, 0.6) is 0 Å². The molecular formula is C57H43N3S. The van der Waals surface area contributed by atoms with Crippen molar-refractivity contribution >= 4 is 82.7 Å². The Morgan fingerprint density at radius 1 is 0.344 bits per heavy atom. The summed E-state index contributed by atoms with van der Waals surface area (Å²) >= 11 is 1.86. The molecule has 10 aromatic rings. The summed E-state index contributed by atoms with van der Waals surface area (Å²) in [6, 6.07) is 81.5. The van der Waals surface area contributed by atoms with Gasteiger partial charge in [0.2, 0.25) is 0 Å². The summed E-state index contributed by atoms with van der Waals surface area (Å²) in [5.41, 5.74) is 15.2. The fourth-order valence-electron chi connectivity index (χ4n) is 9.46. The highest BCUT2D eigenvalue weighted by atomic mass is 32.1. The standard InChI is InChI=1S/C57H43N3S/c1-57(2)51-33-19-18-31-47(51)48-32-20-34-52(55(48)57)60(44-29-16-7-17-30-44)46-38-50-49-37-45(58(40-21-8-3-9-22-40)41-23-10-4-11-24-41)35-36-54(49)61-56(50)53(39-46)59(42-25-12-5-13-26-42)43-27-14-6-15-28-43/h3-39H,1-2H3. The zero-order valence-electron chi connectivity index (χ0n) is 34.1. The Morgan fingerprint density at radius 3 is 1.36 bits per heavy atom. The zero-order chi connectivity index (χ0) is 40.9. The number of hydrogen-bond donors (Lipinski definition) is 0. The molecule has 0 saturated carbocycles. The molecule has 61 heavy (non-hydrogen) atoms. The van der Waals surface area contributed by atoms with Gasteiger partial charge in [-0.3, -0.25) is 0 Å². The summed E-state index contributed by atoms with van der Waals surface area (Å²) in [6.07, 6.45) is 0. The van der Waals surface area contributed by atoms with Crippen molar-refractivity contribution in [3.05, 3.63) is 236 Å². The molecule has 0 spiro atoms. The van der Waals surface area contributed by atoms with Gasteiger partial charge in [0.05, 0.1) is 16.1 Å². The van der Waals surface area contributed by atoms with Gasteiger partial charge in [-0.05, 0) is 119 Å². The molecule has 1 aliphatic carbocycles. The van der Waals surface area contributed by atoms with Crippen molar-refractivity contribution in [2.45, 2.75) is 19.3 Å². The maximum Gasteiger partial charge on any atom is 0.0661 e. The molecule has 0 radical (unpaired) electrons. The van der Waals surface area contributed by atoms with E-state index in [1.165, 1.54) is 48.1 Å². The average molecular weight is 802 g/mol. The number of benzene rings is 9. The van der Waals surface area contributed by atoms with Crippen LogP contribution in [0.25, 0.3) is 31.3 Å². The first-order valence-electron chi connectivity index (χ1n) is 20.9. The smallest absolute Gasteiger partial charge is 0.0661 e. The Kier molecular flexibility index (Phi) is 9.02. The lowest BCUT2D eigenvalue weighted by Crippen LogP contribution is -2.21. The van der Waals surface area contributed by atoms with Crippen LogP contribution in [-0.4, -0.2) is 0 Å². The lowest BCUT2D eigenvalue weighted by Gasteiger charge is -2.33. The number of thiophene rings is 1. The van der Waals surface area contributed by atoms with Crippen LogP contribution in [0.3, 0.4) is 0 Å². The first kappa shape index (κ1) is 36.7. The number of rotatable bonds is 9. The third-order valence-corrected chi connectivity index (χ3v) is 13.4. The minimum atomic E-state index is -0.217. The minimum Gasteiger partial charge on any atom is -0.310 e. The fourth-order valence-corrected chi connectivity index (χ4v) is 10.6. The molecule has 0 atom stereocenters. The van der Waals surface area contributed by atoms with Gasteiger partial charge in [-0.2, -0.15) is 0 Å². The van der Waals surface area contributed by atoms with Gasteiger partial charge < -0.3 is 14.7 Å². The molecule has 0 fully saturated rings. The molecular weight excluding hydrogens is 759 g/mol. The first-order valence-corrected chi connectivity index (χ1v) is 21.8. The van der Waals surface area contributed by atoms with Gasteiger partial charge in [0, 0.05) is 60.7 Å². The van der Waals surface area contributed by atoms with Crippen LogP contribution in [0.15, 0.2) is 224 Å². The third-order valence-electron chi connectivity index (χ3n) is 12.1. The average Bonchev–Trinajstić information content (AvgIpc) is 3.80. The van der Waals surface area contributed by atoms with Crippen molar-refractivity contribution < 1.29 is 0 Å². The summed E-state index contributed by atoms with van der Waals surface area (Å²) in [7, 11) is 0. The Labute approximate surface area is 361 Å². The quantitative estimate of drug-likeness (QED) is 0.144. The SMILES string of the molecule is CC1(C)c2ccccc2-c2cccc(N(c3ccccc3)c3cc(N(c4ccccc4)c4ccccc4)c4sc5ccc(N(c6ccccc6)c6ccccc6)cc5c4c3)c21. The highest BCUT2D eigenvalue weighted by Crippen LogP contribution is 2.56. The van der Waals surface area contributed by atoms with Crippen LogP contribution < -0.4 is 14.7 Å². The van der Waals surface area contributed by atoms with E-state index in [0.29, 0.717) is 0 Å². The third kappa shape index (κ3) is 6.27. The van der Waals surface area contributed by atoms with Crippen molar-refractivity contribution in [2.75, 3.05) is 14.7 Å². The molecule has 1 aliphatic rings. The molecule has 4 heteroatoms. The Bertz CT molecular complexity index is 3080. The van der Waals surface area contributed by atoms with Crippen LogP contribution in [-0.2, 0) is 5.41 Å². The molecule has 11 rings (SSSR count). The highest BCUT2D eigenvalue weighted by molar-refractivity contribution is 7.26. The molecule has 0 saturated heterocycles. The molecule has 0 unspecified atom stereocenters. The molecule has 0 bridgehead atoms. The molecule has 0 amide bonds. The predicted molar refractivity (Wildman–Crippen MR) is 261 cm³/mol. The Balaban J connectivity index is 1.22. The summed E-state index contributed by atoms with van der Waals surface area (Å²) in [6.45, 7) is 4.76. The summed E-state index contributed by atoms with van der Waals surface area (Å²) < 4.78 is 2.47. The molecule has 292 valence electrons. The van der Waals surface area contributed by atoms with Crippen molar-refractivity contribution in [3.63, 3.8) is 0 Å². The van der Waals surface area contributed by atoms with E-state index in [2.05, 4.69) is 253 Å². The monoisotopic (exact) mass is 801 g/mol. The van der Waals surface area contributed by atoms with E-state index in [1.54, 1.807) is 0 Å². The number of anilines is 9. The van der Waals surface area contributed by atoms with Gasteiger partial charge in [-0.15, -0.1) is 11.3 Å². The van der Waals surface area contributed by atoms with Crippen molar-refractivity contribution in [2.24, 2.45) is 0 Å². The minimum absolute atomic E-state index is 0.217. The van der Waals surface area contributed by atoms with E-state index in [9.17, 15) is 0 Å². The lowest BCUT2D eigenvalue weighted by molar-refractivity contribution is 0.661. The van der Waals surface area contributed by atoms with Crippen LogP contribution in [0.2, 0.25) is 0 Å². The van der Waals surface area contributed by atoms with Crippen LogP contribution in [0.1, 0.15) is 25.0 Å². The van der Waals surface area contributed by atoms with Gasteiger partial charge in [0.25, 0.3) is 0 Å². The normalized spacial score (nSPS) is 12.6. The summed E-state index contributed by atoms with van der Waals surface area (Å²) in [5, 5.41) is 2.43. The van der Waals surface area contributed by atoms with Gasteiger partial charge in [0.1, 0.15) is 0 Å². The maximum absolute atomic E-state index is 2.50. The van der Waals surface area contributed by atoms with Crippen LogP contribution in [0.4, 0.5) is 51.2 Å². The fraction of sp³-hybridized carbons (Fsp3) is 0.0526. The summed E-state index contributed by atoms with van der Waals surface area (Å²) in [4.78, 5) is 7.29. The molecule has 9 aromatic carbocycles. The van der Waals surface area contributed by atoms with E-state index < -0.39 is 0 Å². The van der Waals surface area contributed by atoms with Crippen LogP contribution in [0, 0.1) is 0 Å². The number of fused-ring (bicyclic) bond motifs is 6. The number of para-hydroxylation sites is 5. The topological polar surface area (TPSA) is 9.72 Å². The largest absolute Gasteiger partial charge is 0.310 e. The molecule has 0 aliphatic heterocycles. The lowest BCUT2D eigenvalue weighted by atomic mass is 9.81. The number of hydrogen-bond acceptors (Lipinski definition) is 4. The molecule has 0 N–H and O–H groups in total. The predicted octanol–water partition coefficient (Wildman–Crippen LogP) is 16.8. The second-order valence-corrected chi connectivity index (χ2v) is 17.2. The maximum atomic E-state index is 2.50. The van der Waals surface area contributed by atoms with Crippen LogP contribution >= 0.6 is 11.3 Å². The molecule has 3 nitrogen and oxygen atoms in total. The van der Waals surface area contributed by atoms with E-state index in [1.807, 2.05) is 11.3 Å². The van der Waals surface area contributed by atoms with E-state index in [4.69, 9.17) is 0 Å². The zero-order valence-corrected chi connectivity index (χ0v) is 34.9. The Morgan fingerprint density at radius 2 is 0.803 bits per heavy atom. The Hall–Kier alpha value is -7.40. The van der Waals surface area contributed by atoms with E-state index in [-0.39, 0.29) is 5.41 Å². The van der Waals surface area contributed by atoms with Crippen molar-refractivity contribution in [3.8, 4) is 11.1 Å². The number of nitrogens with zero attached hydrogens (tertiary/aromatic N) is 3. The molecule has 1 heterocycles. The summed E-state index contributed by atoms with van der Waals surface area (Å²) in [5.74, 6) is 0. The van der Waals surface area contributed by atoms with Gasteiger partial charge in [-0.25, -0.2) is 0 Å². The van der Waals surface area contributed by atoms with Crippen molar-refractivity contribution in [1.29, 1.82) is 0 Å². The second-order valence-electron chi connectivity index (χ2n) is 16.2. The second kappa shape index (κ2) is 15.0. The first-order chi connectivity index (χ1) is 30.0. The van der Waals surface area contributed by atoms with Gasteiger partial charge in [0.15, 0.2) is 0 Å². The van der Waals surface area contributed by atoms with E-state index in [0.717, 1.165) is 45.5 Å². The van der Waals surface area contributed by atoms with Crippen molar-refractivity contribution in [1.82, 2.24) is 0 Å². The van der Waals surface area contributed by atoms with Gasteiger partial charge >= 0.3 is 0 Å². The van der Waals surface area contributed by atoms with Gasteiger partial charge in [-0.1, -0.05) is 141 Å². The molecule has 1 aromatic heterocycles. The van der Waals surface area contributed by atoms with E-state index >= 15 is 0 Å².